The molecule has 0 atom stereocenters. The fraction of sp³-hybridized carbons (Fsp3) is 0.200. The first-order valence-electron chi connectivity index (χ1n) is 6.32. The van der Waals surface area contributed by atoms with Gasteiger partial charge in [0, 0.05) is 0 Å². The molecule has 0 amide bonds. The quantitative estimate of drug-likeness (QED) is 0.614. The van der Waals surface area contributed by atoms with Crippen LogP contribution in [0.2, 0.25) is 0 Å². The first-order valence-corrected chi connectivity index (χ1v) is 6.32. The van der Waals surface area contributed by atoms with Gasteiger partial charge in [0.2, 0.25) is 0 Å². The van der Waals surface area contributed by atoms with Crippen molar-refractivity contribution >= 4 is 0 Å². The lowest BCUT2D eigenvalue weighted by Crippen LogP contribution is -2.11. The molecule has 0 saturated heterocycles. The lowest BCUT2D eigenvalue weighted by molar-refractivity contribution is -0.142. The average Bonchev–Trinajstić information content (AvgIpc) is 2.45. The molecule has 0 aliphatic rings. The third-order valence-corrected chi connectivity index (χ3v) is 3.05. The normalized spacial score (nSPS) is 12.5. The number of benzene rings is 2. The first kappa shape index (κ1) is 18.0. The number of hydrogen-bond donors (Lipinski definition) is 0. The molecule has 2 aromatic rings. The minimum Gasteiger partial charge on any atom is -0.434 e. The third-order valence-electron chi connectivity index (χ3n) is 3.05. The molecule has 130 valence electrons. The third kappa shape index (κ3) is 4.15. The highest BCUT2D eigenvalue weighted by atomic mass is 19.4. The Balaban J connectivity index is 2.45. The molecule has 0 spiro atoms. The Morgan fingerprint density at radius 1 is 0.708 bits per heavy atom. The standard InChI is InChI=1S/C15H8F8O/c16-13(17)24-12-6-3-9(7-11(12)15(21,22)23)8-1-4-10(5-2-8)14(18,19)20/h1-7,13H. The van der Waals surface area contributed by atoms with Crippen LogP contribution in [0.4, 0.5) is 35.1 Å². The smallest absolute Gasteiger partial charge is 0.419 e. The van der Waals surface area contributed by atoms with E-state index >= 15 is 0 Å². The van der Waals surface area contributed by atoms with Gasteiger partial charge in [-0.3, -0.25) is 0 Å². The molecule has 2 aromatic carbocycles. The maximum atomic E-state index is 12.9. The minimum atomic E-state index is -4.97. The van der Waals surface area contributed by atoms with Gasteiger partial charge in [0.05, 0.1) is 11.1 Å². The van der Waals surface area contributed by atoms with E-state index in [2.05, 4.69) is 4.74 Å². The van der Waals surface area contributed by atoms with Crippen LogP contribution < -0.4 is 4.74 Å². The lowest BCUT2D eigenvalue weighted by atomic mass is 10.0. The molecule has 9 heteroatoms. The topological polar surface area (TPSA) is 9.23 Å². The summed E-state index contributed by atoms with van der Waals surface area (Å²) in [6.07, 6.45) is -9.54. The van der Waals surface area contributed by atoms with E-state index in [4.69, 9.17) is 0 Å². The summed E-state index contributed by atoms with van der Waals surface area (Å²) in [6.45, 7) is -3.44. The number of hydrogen-bond acceptors (Lipinski definition) is 1. The van der Waals surface area contributed by atoms with E-state index in [-0.39, 0.29) is 11.1 Å². The van der Waals surface area contributed by atoms with Crippen molar-refractivity contribution < 1.29 is 39.9 Å². The van der Waals surface area contributed by atoms with Crippen molar-refractivity contribution in [1.82, 2.24) is 0 Å². The van der Waals surface area contributed by atoms with Crippen molar-refractivity contribution in [3.05, 3.63) is 53.6 Å². The lowest BCUT2D eigenvalue weighted by Gasteiger charge is -2.15. The average molecular weight is 356 g/mol. The summed E-state index contributed by atoms with van der Waals surface area (Å²) >= 11 is 0. The zero-order chi connectivity index (χ0) is 18.1. The van der Waals surface area contributed by atoms with Gasteiger partial charge in [-0.2, -0.15) is 35.1 Å². The fourth-order valence-electron chi connectivity index (χ4n) is 1.98. The predicted octanol–water partition coefficient (Wildman–Crippen LogP) is 5.99. The molecule has 1 nitrogen and oxygen atoms in total. The molecule has 0 aliphatic carbocycles. The van der Waals surface area contributed by atoms with E-state index in [1.54, 1.807) is 0 Å². The zero-order valence-electron chi connectivity index (χ0n) is 11.6. The van der Waals surface area contributed by atoms with Gasteiger partial charge in [-0.15, -0.1) is 0 Å². The Kier molecular flexibility index (Phi) is 4.73. The van der Waals surface area contributed by atoms with E-state index in [1.807, 2.05) is 0 Å². The summed E-state index contributed by atoms with van der Waals surface area (Å²) in [5, 5.41) is 0. The van der Waals surface area contributed by atoms with Crippen LogP contribution in [0.1, 0.15) is 11.1 Å². The summed E-state index contributed by atoms with van der Waals surface area (Å²) in [5.41, 5.74) is -2.42. The maximum absolute atomic E-state index is 12.9. The Morgan fingerprint density at radius 2 is 1.25 bits per heavy atom. The number of halogens is 8. The SMILES string of the molecule is FC(F)Oc1ccc(-c2ccc(C(F)(F)F)cc2)cc1C(F)(F)F. The molecule has 0 unspecified atom stereocenters. The van der Waals surface area contributed by atoms with Crippen molar-refractivity contribution in [3.63, 3.8) is 0 Å². The Bertz CT molecular complexity index is 701. The van der Waals surface area contributed by atoms with Crippen LogP contribution in [0, 0.1) is 0 Å². The van der Waals surface area contributed by atoms with Crippen LogP contribution in [0.15, 0.2) is 42.5 Å². The molecular formula is C15H8F8O. The van der Waals surface area contributed by atoms with Crippen molar-refractivity contribution in [2.75, 3.05) is 0 Å². The minimum absolute atomic E-state index is 0.0668. The van der Waals surface area contributed by atoms with Crippen LogP contribution >= 0.6 is 0 Å². The zero-order valence-corrected chi connectivity index (χ0v) is 11.6. The molecule has 0 bridgehead atoms. The molecular weight excluding hydrogens is 348 g/mol. The summed E-state index contributed by atoms with van der Waals surface area (Å²) in [4.78, 5) is 0. The van der Waals surface area contributed by atoms with Crippen LogP contribution in [0.5, 0.6) is 5.75 Å². The van der Waals surface area contributed by atoms with Crippen LogP contribution in [-0.4, -0.2) is 6.61 Å². The summed E-state index contributed by atoms with van der Waals surface area (Å²) in [6, 6.07) is 5.70. The molecule has 0 saturated carbocycles. The van der Waals surface area contributed by atoms with E-state index < -0.39 is 35.8 Å². The monoisotopic (exact) mass is 356 g/mol. The van der Waals surface area contributed by atoms with E-state index in [0.717, 1.165) is 18.2 Å². The van der Waals surface area contributed by atoms with E-state index in [0.29, 0.717) is 24.3 Å². The summed E-state index contributed by atoms with van der Waals surface area (Å²) < 4.78 is 104. The van der Waals surface area contributed by atoms with Crippen molar-refractivity contribution in [2.24, 2.45) is 0 Å². The van der Waals surface area contributed by atoms with E-state index in [1.165, 1.54) is 0 Å². The molecule has 0 heterocycles. The molecule has 0 aromatic heterocycles. The van der Waals surface area contributed by atoms with Gasteiger partial charge in [-0.1, -0.05) is 18.2 Å². The van der Waals surface area contributed by atoms with Crippen LogP contribution in [-0.2, 0) is 12.4 Å². The second-order valence-electron chi connectivity index (χ2n) is 4.66. The van der Waals surface area contributed by atoms with Crippen molar-refractivity contribution in [3.8, 4) is 16.9 Å². The van der Waals surface area contributed by atoms with Crippen molar-refractivity contribution in [2.45, 2.75) is 19.0 Å². The van der Waals surface area contributed by atoms with E-state index in [9.17, 15) is 35.1 Å². The molecule has 0 aliphatic heterocycles. The number of ether oxygens (including phenoxy) is 1. The van der Waals surface area contributed by atoms with Crippen LogP contribution in [0.25, 0.3) is 11.1 Å². The predicted molar refractivity (Wildman–Crippen MR) is 68.5 cm³/mol. The van der Waals surface area contributed by atoms with Crippen molar-refractivity contribution in [1.29, 1.82) is 0 Å². The molecule has 0 radical (unpaired) electrons. The summed E-state index contributed by atoms with van der Waals surface area (Å²) in [7, 11) is 0. The highest BCUT2D eigenvalue weighted by Crippen LogP contribution is 2.39. The highest BCUT2D eigenvalue weighted by Gasteiger charge is 2.35. The van der Waals surface area contributed by atoms with Gasteiger partial charge in [0.15, 0.2) is 0 Å². The second-order valence-corrected chi connectivity index (χ2v) is 4.66. The van der Waals surface area contributed by atoms with Gasteiger partial charge in [-0.25, -0.2) is 0 Å². The molecule has 24 heavy (non-hydrogen) atoms. The van der Waals surface area contributed by atoms with Gasteiger partial charge < -0.3 is 4.74 Å². The highest BCUT2D eigenvalue weighted by molar-refractivity contribution is 5.66. The fourth-order valence-corrected chi connectivity index (χ4v) is 1.98. The number of alkyl halides is 8. The second kappa shape index (κ2) is 6.29. The van der Waals surface area contributed by atoms with Gasteiger partial charge in [-0.05, 0) is 35.4 Å². The maximum Gasteiger partial charge on any atom is 0.419 e. The first-order chi connectivity index (χ1) is 11.0. The van der Waals surface area contributed by atoms with Crippen LogP contribution in [0.3, 0.4) is 0 Å². The van der Waals surface area contributed by atoms with Gasteiger partial charge in [0.1, 0.15) is 5.75 Å². The van der Waals surface area contributed by atoms with Gasteiger partial charge in [0.25, 0.3) is 0 Å². The Hall–Kier alpha value is -2.32. The molecule has 0 N–H and O–H groups in total. The summed E-state index contributed by atoms with van der Waals surface area (Å²) in [5.74, 6) is -1.06. The largest absolute Gasteiger partial charge is 0.434 e. The Labute approximate surface area is 130 Å². The molecule has 2 rings (SSSR count). The molecule has 0 fully saturated rings. The number of rotatable bonds is 3. The van der Waals surface area contributed by atoms with Gasteiger partial charge >= 0.3 is 19.0 Å². The Morgan fingerprint density at radius 3 is 1.71 bits per heavy atom.